The molecule has 0 aliphatic carbocycles. The molecule has 1 amide bonds. The van der Waals surface area contributed by atoms with Gasteiger partial charge in [0.05, 0.1) is 0 Å². The van der Waals surface area contributed by atoms with Crippen molar-refractivity contribution in [3.8, 4) is 0 Å². The summed E-state index contributed by atoms with van der Waals surface area (Å²) in [6, 6.07) is 0.367. The maximum Gasteiger partial charge on any atom is 0.223 e. The molecule has 0 radical (unpaired) electrons. The normalized spacial score (nSPS) is 12.6. The first kappa shape index (κ1) is 24.7. The summed E-state index contributed by atoms with van der Waals surface area (Å²) in [6.45, 7) is 10.5. The summed E-state index contributed by atoms with van der Waals surface area (Å²) in [6.07, 6.45) is 2.75. The molecular formula is C16H36IN5O. The lowest BCUT2D eigenvalue weighted by atomic mass is 10.2. The number of halogens is 1. The van der Waals surface area contributed by atoms with Gasteiger partial charge in [-0.05, 0) is 39.4 Å². The molecule has 138 valence electrons. The number of hydrogen-bond acceptors (Lipinski definition) is 3. The molecule has 0 aromatic rings. The molecule has 0 aliphatic rings. The number of carbonyl (C=O) groups is 1. The van der Waals surface area contributed by atoms with Crippen molar-refractivity contribution in [1.82, 2.24) is 20.4 Å². The Morgan fingerprint density at radius 2 is 1.83 bits per heavy atom. The van der Waals surface area contributed by atoms with Gasteiger partial charge in [-0.2, -0.15) is 0 Å². The maximum absolute atomic E-state index is 11.5. The third kappa shape index (κ3) is 12.5. The van der Waals surface area contributed by atoms with E-state index in [1.165, 1.54) is 6.42 Å². The van der Waals surface area contributed by atoms with E-state index in [0.29, 0.717) is 19.0 Å². The minimum absolute atomic E-state index is 0. The third-order valence-corrected chi connectivity index (χ3v) is 3.74. The van der Waals surface area contributed by atoms with Crippen LogP contribution in [0.2, 0.25) is 0 Å². The number of guanidine groups is 1. The van der Waals surface area contributed by atoms with E-state index >= 15 is 0 Å². The zero-order valence-electron chi connectivity index (χ0n) is 15.7. The molecule has 1 unspecified atom stereocenters. The molecule has 0 rings (SSSR count). The van der Waals surface area contributed by atoms with E-state index < -0.39 is 0 Å². The number of rotatable bonds is 10. The molecule has 6 nitrogen and oxygen atoms in total. The molecule has 23 heavy (non-hydrogen) atoms. The Hall–Kier alpha value is -0.570. The van der Waals surface area contributed by atoms with E-state index in [1.54, 1.807) is 26.0 Å². The molecule has 0 spiro atoms. The highest BCUT2D eigenvalue weighted by molar-refractivity contribution is 14.0. The van der Waals surface area contributed by atoms with E-state index in [9.17, 15) is 4.79 Å². The van der Waals surface area contributed by atoms with Gasteiger partial charge in [0.15, 0.2) is 5.96 Å². The second kappa shape index (κ2) is 15.0. The van der Waals surface area contributed by atoms with Gasteiger partial charge in [0.25, 0.3) is 0 Å². The second-order valence-electron chi connectivity index (χ2n) is 5.75. The highest BCUT2D eigenvalue weighted by Gasteiger charge is 2.08. The van der Waals surface area contributed by atoms with Crippen LogP contribution in [0, 0.1) is 0 Å². The van der Waals surface area contributed by atoms with Gasteiger partial charge in [-0.3, -0.25) is 9.79 Å². The van der Waals surface area contributed by atoms with Gasteiger partial charge in [0, 0.05) is 40.2 Å². The summed E-state index contributed by atoms with van der Waals surface area (Å²) in [5.74, 6) is 0.886. The van der Waals surface area contributed by atoms with Gasteiger partial charge < -0.3 is 20.4 Å². The van der Waals surface area contributed by atoms with Crippen LogP contribution < -0.4 is 10.6 Å². The fourth-order valence-corrected chi connectivity index (χ4v) is 2.17. The summed E-state index contributed by atoms with van der Waals surface area (Å²) >= 11 is 0. The summed E-state index contributed by atoms with van der Waals surface area (Å²) in [7, 11) is 5.30. The van der Waals surface area contributed by atoms with Crippen molar-refractivity contribution >= 4 is 35.8 Å². The van der Waals surface area contributed by atoms with Crippen LogP contribution in [0.3, 0.4) is 0 Å². The van der Waals surface area contributed by atoms with Crippen molar-refractivity contribution in [2.45, 2.75) is 46.1 Å². The number of aliphatic imine (C=N–C) groups is 1. The van der Waals surface area contributed by atoms with Gasteiger partial charge >= 0.3 is 0 Å². The molecule has 2 N–H and O–H groups in total. The Kier molecular flexibility index (Phi) is 16.1. The molecule has 0 heterocycles. The SMILES string of the molecule is CCN(CC)CCCC(C)NC(=NC)NCCC(=O)N(C)C.I. The van der Waals surface area contributed by atoms with Crippen molar-refractivity contribution in [2.75, 3.05) is 47.3 Å². The van der Waals surface area contributed by atoms with Gasteiger partial charge in [-0.15, -0.1) is 24.0 Å². The maximum atomic E-state index is 11.5. The lowest BCUT2D eigenvalue weighted by Crippen LogP contribution is -2.43. The summed E-state index contributed by atoms with van der Waals surface area (Å²) in [5, 5.41) is 6.56. The van der Waals surface area contributed by atoms with Crippen LogP contribution in [0.25, 0.3) is 0 Å². The van der Waals surface area contributed by atoms with Gasteiger partial charge in [-0.25, -0.2) is 0 Å². The third-order valence-electron chi connectivity index (χ3n) is 3.74. The Balaban J connectivity index is 0. The Bertz CT molecular complexity index is 332. The summed E-state index contributed by atoms with van der Waals surface area (Å²) < 4.78 is 0. The van der Waals surface area contributed by atoms with Crippen molar-refractivity contribution in [2.24, 2.45) is 4.99 Å². The molecule has 7 heteroatoms. The van der Waals surface area contributed by atoms with Gasteiger partial charge in [0.2, 0.25) is 5.91 Å². The minimum Gasteiger partial charge on any atom is -0.356 e. The van der Waals surface area contributed by atoms with Crippen LogP contribution in [0.4, 0.5) is 0 Å². The Labute approximate surface area is 159 Å². The fraction of sp³-hybridized carbons (Fsp3) is 0.875. The lowest BCUT2D eigenvalue weighted by molar-refractivity contribution is -0.128. The van der Waals surface area contributed by atoms with Crippen LogP contribution in [0.15, 0.2) is 4.99 Å². The van der Waals surface area contributed by atoms with Crippen LogP contribution in [-0.2, 0) is 4.79 Å². The average Bonchev–Trinajstić information content (AvgIpc) is 2.50. The molecular weight excluding hydrogens is 405 g/mol. The molecule has 0 fully saturated rings. The molecule has 0 saturated heterocycles. The quantitative estimate of drug-likeness (QED) is 0.308. The predicted molar refractivity (Wildman–Crippen MR) is 110 cm³/mol. The van der Waals surface area contributed by atoms with Gasteiger partial charge in [0.1, 0.15) is 0 Å². The second-order valence-corrected chi connectivity index (χ2v) is 5.75. The van der Waals surface area contributed by atoms with E-state index in [0.717, 1.165) is 32.0 Å². The first-order valence-corrected chi connectivity index (χ1v) is 8.34. The van der Waals surface area contributed by atoms with Crippen molar-refractivity contribution in [1.29, 1.82) is 0 Å². The molecule has 0 saturated carbocycles. The molecule has 0 bridgehead atoms. The molecule has 1 atom stereocenters. The van der Waals surface area contributed by atoms with Gasteiger partial charge in [-0.1, -0.05) is 13.8 Å². The van der Waals surface area contributed by atoms with Crippen LogP contribution in [0.1, 0.15) is 40.0 Å². The number of nitrogens with zero attached hydrogens (tertiary/aromatic N) is 3. The zero-order chi connectivity index (χ0) is 17.0. The van der Waals surface area contributed by atoms with Crippen LogP contribution >= 0.6 is 24.0 Å². The smallest absolute Gasteiger partial charge is 0.223 e. The average molecular weight is 441 g/mol. The minimum atomic E-state index is 0. The zero-order valence-corrected chi connectivity index (χ0v) is 18.0. The fourth-order valence-electron chi connectivity index (χ4n) is 2.17. The van der Waals surface area contributed by atoms with E-state index in [4.69, 9.17) is 0 Å². The van der Waals surface area contributed by atoms with Crippen LogP contribution in [-0.4, -0.2) is 75.0 Å². The van der Waals surface area contributed by atoms with Crippen molar-refractivity contribution < 1.29 is 4.79 Å². The summed E-state index contributed by atoms with van der Waals surface area (Å²) in [4.78, 5) is 19.8. The number of amides is 1. The molecule has 0 aliphatic heterocycles. The first-order valence-electron chi connectivity index (χ1n) is 8.34. The monoisotopic (exact) mass is 441 g/mol. The highest BCUT2D eigenvalue weighted by atomic mass is 127. The molecule has 0 aromatic heterocycles. The highest BCUT2D eigenvalue weighted by Crippen LogP contribution is 1.99. The predicted octanol–water partition coefficient (Wildman–Crippen LogP) is 1.76. The Morgan fingerprint density at radius 3 is 2.30 bits per heavy atom. The largest absolute Gasteiger partial charge is 0.356 e. The number of carbonyl (C=O) groups excluding carboxylic acids is 1. The van der Waals surface area contributed by atoms with E-state index in [-0.39, 0.29) is 29.9 Å². The number of hydrogen-bond donors (Lipinski definition) is 2. The van der Waals surface area contributed by atoms with Crippen molar-refractivity contribution in [3.05, 3.63) is 0 Å². The van der Waals surface area contributed by atoms with Crippen molar-refractivity contribution in [3.63, 3.8) is 0 Å². The Morgan fingerprint density at radius 1 is 1.22 bits per heavy atom. The van der Waals surface area contributed by atoms with E-state index in [2.05, 4.69) is 41.3 Å². The summed E-state index contributed by atoms with van der Waals surface area (Å²) in [5.41, 5.74) is 0. The van der Waals surface area contributed by atoms with E-state index in [1.807, 2.05) is 0 Å². The first-order chi connectivity index (χ1) is 10.4. The standard InChI is InChI=1S/C16H35N5O.HI/c1-7-21(8-2)13-9-10-14(3)19-16(17-4)18-12-11-15(22)20(5)6;/h14H,7-13H2,1-6H3,(H2,17,18,19);1H. The molecule has 0 aromatic carbocycles. The topological polar surface area (TPSA) is 60.0 Å². The van der Waals surface area contributed by atoms with Crippen LogP contribution in [0.5, 0.6) is 0 Å². The number of nitrogens with one attached hydrogen (secondary N) is 2. The lowest BCUT2D eigenvalue weighted by Gasteiger charge is -2.21.